The normalized spacial score (nSPS) is 10.4. The van der Waals surface area contributed by atoms with Crippen molar-refractivity contribution in [3.63, 3.8) is 0 Å². The number of thiophene rings is 1. The predicted octanol–water partition coefficient (Wildman–Crippen LogP) is 2.54. The molecule has 1 heterocycles. The third-order valence-corrected chi connectivity index (χ3v) is 3.36. The second kappa shape index (κ2) is 4.46. The Morgan fingerprint density at radius 1 is 1.50 bits per heavy atom. The first kappa shape index (κ1) is 11.0. The number of nitrogens with two attached hydrogens (primary N) is 1. The van der Waals surface area contributed by atoms with Crippen LogP contribution in [0, 0.1) is 0 Å². The third kappa shape index (κ3) is 1.90. The summed E-state index contributed by atoms with van der Waals surface area (Å²) in [4.78, 5) is 12.1. The SMILES string of the molecule is CCCc1c(CC)sc(N)c1C(=O)O. The monoisotopic (exact) mass is 213 g/mol. The molecule has 0 spiro atoms. The van der Waals surface area contributed by atoms with Crippen LogP contribution in [-0.2, 0) is 12.8 Å². The fourth-order valence-electron chi connectivity index (χ4n) is 1.57. The average Bonchev–Trinajstić information content (AvgIpc) is 2.43. The third-order valence-electron chi connectivity index (χ3n) is 2.15. The van der Waals surface area contributed by atoms with Gasteiger partial charge in [-0.25, -0.2) is 4.79 Å². The largest absolute Gasteiger partial charge is 0.478 e. The van der Waals surface area contributed by atoms with Crippen LogP contribution in [0.3, 0.4) is 0 Å². The van der Waals surface area contributed by atoms with E-state index in [0.717, 1.165) is 29.7 Å². The highest BCUT2D eigenvalue weighted by atomic mass is 32.1. The van der Waals surface area contributed by atoms with Gasteiger partial charge in [-0.1, -0.05) is 20.3 Å². The maximum atomic E-state index is 11.0. The summed E-state index contributed by atoms with van der Waals surface area (Å²) in [5.74, 6) is -0.901. The molecule has 0 fully saturated rings. The van der Waals surface area contributed by atoms with Crippen molar-refractivity contribution in [2.24, 2.45) is 0 Å². The van der Waals surface area contributed by atoms with Gasteiger partial charge < -0.3 is 10.8 Å². The summed E-state index contributed by atoms with van der Waals surface area (Å²) in [6, 6.07) is 0. The van der Waals surface area contributed by atoms with E-state index in [9.17, 15) is 4.79 Å². The molecule has 1 aromatic heterocycles. The van der Waals surface area contributed by atoms with E-state index in [1.165, 1.54) is 11.3 Å². The Morgan fingerprint density at radius 3 is 2.57 bits per heavy atom. The van der Waals surface area contributed by atoms with E-state index in [-0.39, 0.29) is 0 Å². The van der Waals surface area contributed by atoms with Crippen molar-refractivity contribution in [2.75, 3.05) is 5.73 Å². The van der Waals surface area contributed by atoms with Gasteiger partial charge in [0.2, 0.25) is 0 Å². The second-order valence-corrected chi connectivity index (χ2v) is 4.29. The van der Waals surface area contributed by atoms with Crippen molar-refractivity contribution >= 4 is 22.3 Å². The molecule has 3 nitrogen and oxygen atoms in total. The van der Waals surface area contributed by atoms with Gasteiger partial charge in [0.1, 0.15) is 5.00 Å². The lowest BCUT2D eigenvalue weighted by Crippen LogP contribution is -2.03. The molecule has 4 heteroatoms. The molecule has 0 amide bonds. The maximum Gasteiger partial charge on any atom is 0.338 e. The zero-order valence-electron chi connectivity index (χ0n) is 8.46. The van der Waals surface area contributed by atoms with Crippen LogP contribution in [0.15, 0.2) is 0 Å². The van der Waals surface area contributed by atoms with Crippen molar-refractivity contribution < 1.29 is 9.90 Å². The van der Waals surface area contributed by atoms with E-state index in [2.05, 4.69) is 0 Å². The number of rotatable bonds is 4. The lowest BCUT2D eigenvalue weighted by molar-refractivity contribution is 0.0697. The summed E-state index contributed by atoms with van der Waals surface area (Å²) < 4.78 is 0. The van der Waals surface area contributed by atoms with Crippen molar-refractivity contribution in [3.05, 3.63) is 16.0 Å². The number of carboxylic acids is 1. The van der Waals surface area contributed by atoms with E-state index in [1.54, 1.807) is 0 Å². The molecular weight excluding hydrogens is 198 g/mol. The average molecular weight is 213 g/mol. The van der Waals surface area contributed by atoms with E-state index in [0.29, 0.717) is 10.6 Å². The summed E-state index contributed by atoms with van der Waals surface area (Å²) in [7, 11) is 0. The molecule has 0 bridgehead atoms. The van der Waals surface area contributed by atoms with Gasteiger partial charge in [0, 0.05) is 4.88 Å². The molecule has 0 saturated heterocycles. The molecule has 78 valence electrons. The Balaban J connectivity index is 3.23. The number of carbonyl (C=O) groups is 1. The van der Waals surface area contributed by atoms with Crippen LogP contribution in [-0.4, -0.2) is 11.1 Å². The molecule has 0 radical (unpaired) electrons. The molecule has 1 rings (SSSR count). The zero-order chi connectivity index (χ0) is 10.7. The summed E-state index contributed by atoms with van der Waals surface area (Å²) in [6.45, 7) is 4.06. The van der Waals surface area contributed by atoms with E-state index in [4.69, 9.17) is 10.8 Å². The summed E-state index contributed by atoms with van der Waals surface area (Å²) >= 11 is 1.41. The van der Waals surface area contributed by atoms with Gasteiger partial charge in [-0.15, -0.1) is 11.3 Å². The molecule has 3 N–H and O–H groups in total. The molecule has 1 aromatic rings. The van der Waals surface area contributed by atoms with Crippen LogP contribution >= 0.6 is 11.3 Å². The zero-order valence-corrected chi connectivity index (χ0v) is 9.28. The minimum Gasteiger partial charge on any atom is -0.478 e. The van der Waals surface area contributed by atoms with E-state index < -0.39 is 5.97 Å². The topological polar surface area (TPSA) is 63.3 Å². The van der Waals surface area contributed by atoms with Gasteiger partial charge >= 0.3 is 5.97 Å². The highest BCUT2D eigenvalue weighted by molar-refractivity contribution is 7.16. The number of anilines is 1. The fraction of sp³-hybridized carbons (Fsp3) is 0.500. The molecule has 0 unspecified atom stereocenters. The summed E-state index contributed by atoms with van der Waals surface area (Å²) in [6.07, 6.45) is 2.61. The lowest BCUT2D eigenvalue weighted by atomic mass is 10.0. The Morgan fingerprint density at radius 2 is 2.14 bits per heavy atom. The number of carboxylic acid groups (broad SMARTS) is 1. The van der Waals surface area contributed by atoms with Crippen LogP contribution < -0.4 is 5.73 Å². The molecule has 0 aliphatic heterocycles. The van der Waals surface area contributed by atoms with Gasteiger partial charge in [0.15, 0.2) is 0 Å². The number of nitrogen functional groups attached to an aromatic ring is 1. The Bertz CT molecular complexity index is 344. The van der Waals surface area contributed by atoms with Crippen LogP contribution in [0.2, 0.25) is 0 Å². The van der Waals surface area contributed by atoms with Crippen molar-refractivity contribution in [1.82, 2.24) is 0 Å². The first-order valence-electron chi connectivity index (χ1n) is 4.75. The highest BCUT2D eigenvalue weighted by Crippen LogP contribution is 2.32. The minimum absolute atomic E-state index is 0.328. The Kier molecular flexibility index (Phi) is 3.52. The van der Waals surface area contributed by atoms with E-state index >= 15 is 0 Å². The Labute approximate surface area is 87.6 Å². The van der Waals surface area contributed by atoms with Crippen molar-refractivity contribution in [1.29, 1.82) is 0 Å². The van der Waals surface area contributed by atoms with Crippen molar-refractivity contribution in [3.8, 4) is 0 Å². The predicted molar refractivity (Wildman–Crippen MR) is 59.1 cm³/mol. The van der Waals surface area contributed by atoms with Gasteiger partial charge in [0.05, 0.1) is 5.56 Å². The van der Waals surface area contributed by atoms with Gasteiger partial charge in [-0.2, -0.15) is 0 Å². The van der Waals surface area contributed by atoms with Crippen LogP contribution in [0.5, 0.6) is 0 Å². The minimum atomic E-state index is -0.901. The molecule has 0 aliphatic rings. The first-order chi connectivity index (χ1) is 6.61. The second-order valence-electron chi connectivity index (χ2n) is 3.15. The standard InChI is InChI=1S/C10H15NO2S/c1-3-5-6-7(4-2)14-9(11)8(6)10(12)13/h3-5,11H2,1-2H3,(H,12,13). The van der Waals surface area contributed by atoms with Crippen LogP contribution in [0.1, 0.15) is 41.1 Å². The number of hydrogen-bond donors (Lipinski definition) is 2. The van der Waals surface area contributed by atoms with E-state index in [1.807, 2.05) is 13.8 Å². The van der Waals surface area contributed by atoms with Crippen molar-refractivity contribution in [2.45, 2.75) is 33.1 Å². The molecule has 0 atom stereocenters. The summed E-state index contributed by atoms with van der Waals surface area (Å²) in [5, 5.41) is 9.45. The lowest BCUT2D eigenvalue weighted by Gasteiger charge is -2.01. The van der Waals surface area contributed by atoms with Crippen LogP contribution in [0.4, 0.5) is 5.00 Å². The Hall–Kier alpha value is -1.03. The fourth-order valence-corrected chi connectivity index (χ4v) is 2.62. The highest BCUT2D eigenvalue weighted by Gasteiger charge is 2.19. The molecule has 0 aromatic carbocycles. The van der Waals surface area contributed by atoms with Gasteiger partial charge in [0.25, 0.3) is 0 Å². The quantitative estimate of drug-likeness (QED) is 0.807. The smallest absolute Gasteiger partial charge is 0.338 e. The first-order valence-corrected chi connectivity index (χ1v) is 5.56. The van der Waals surface area contributed by atoms with Crippen LogP contribution in [0.25, 0.3) is 0 Å². The number of aryl methyl sites for hydroxylation is 1. The molecule has 0 aliphatic carbocycles. The summed E-state index contributed by atoms with van der Waals surface area (Å²) in [5.41, 5.74) is 6.95. The molecule has 14 heavy (non-hydrogen) atoms. The van der Waals surface area contributed by atoms with Gasteiger partial charge in [-0.3, -0.25) is 0 Å². The molecular formula is C10H15NO2S. The molecule has 0 saturated carbocycles. The number of aromatic carboxylic acids is 1. The number of hydrogen-bond acceptors (Lipinski definition) is 3. The maximum absolute atomic E-state index is 11.0. The van der Waals surface area contributed by atoms with Gasteiger partial charge in [-0.05, 0) is 18.4 Å².